The van der Waals surface area contributed by atoms with Gasteiger partial charge in [0, 0.05) is 13.1 Å². The first kappa shape index (κ1) is 9.19. The van der Waals surface area contributed by atoms with Gasteiger partial charge in [-0.3, -0.25) is 9.80 Å². The molecule has 2 aliphatic rings. The molecule has 0 saturated carbocycles. The molecule has 1 aliphatic carbocycles. The first-order chi connectivity index (χ1) is 6.84. The van der Waals surface area contributed by atoms with E-state index in [0.717, 1.165) is 18.8 Å². The zero-order chi connectivity index (χ0) is 9.80. The van der Waals surface area contributed by atoms with Gasteiger partial charge in [0.15, 0.2) is 5.78 Å². The molecule has 0 unspecified atom stereocenters. The van der Waals surface area contributed by atoms with Crippen LogP contribution in [0.15, 0.2) is 29.4 Å². The van der Waals surface area contributed by atoms with E-state index < -0.39 is 0 Å². The molecule has 2 rings (SSSR count). The van der Waals surface area contributed by atoms with Crippen LogP contribution in [-0.2, 0) is 4.79 Å². The monoisotopic (exact) mass is 190 g/mol. The van der Waals surface area contributed by atoms with Crippen molar-refractivity contribution in [2.45, 2.75) is 19.3 Å². The zero-order valence-corrected chi connectivity index (χ0v) is 8.15. The van der Waals surface area contributed by atoms with Crippen LogP contribution in [0.4, 0.5) is 0 Å². The maximum absolute atomic E-state index is 10.9. The summed E-state index contributed by atoms with van der Waals surface area (Å²) in [6.07, 6.45) is 10.4. The van der Waals surface area contributed by atoms with Crippen LogP contribution in [0.5, 0.6) is 0 Å². The van der Waals surface area contributed by atoms with Crippen LogP contribution in [0, 0.1) is 0 Å². The molecule has 0 N–H and O–H groups in total. The van der Waals surface area contributed by atoms with Gasteiger partial charge in [0.25, 0.3) is 0 Å². The topological polar surface area (TPSA) is 32.7 Å². The molecule has 14 heavy (non-hydrogen) atoms. The summed E-state index contributed by atoms with van der Waals surface area (Å²) in [6.45, 7) is 2.08. The third kappa shape index (κ3) is 2.31. The van der Waals surface area contributed by atoms with Crippen LogP contribution < -0.4 is 0 Å². The summed E-state index contributed by atoms with van der Waals surface area (Å²) in [6, 6.07) is 0. The van der Waals surface area contributed by atoms with Crippen molar-refractivity contribution in [3.63, 3.8) is 0 Å². The summed E-state index contributed by atoms with van der Waals surface area (Å²) >= 11 is 0. The van der Waals surface area contributed by atoms with Crippen molar-refractivity contribution >= 4 is 11.5 Å². The lowest BCUT2D eigenvalue weighted by Gasteiger charge is -2.24. The molecular formula is C11H14N2O. The van der Waals surface area contributed by atoms with Crippen LogP contribution in [0.25, 0.3) is 0 Å². The molecule has 0 amide bonds. The Morgan fingerprint density at radius 2 is 1.64 bits per heavy atom. The highest BCUT2D eigenvalue weighted by atomic mass is 16.1. The first-order valence-electron chi connectivity index (χ1n) is 5.08. The van der Waals surface area contributed by atoms with Crippen LogP contribution in [0.2, 0.25) is 0 Å². The highest BCUT2D eigenvalue weighted by Crippen LogP contribution is 2.09. The second-order valence-corrected chi connectivity index (χ2v) is 3.61. The van der Waals surface area contributed by atoms with Gasteiger partial charge in [-0.05, 0) is 43.6 Å². The van der Waals surface area contributed by atoms with Gasteiger partial charge >= 0.3 is 0 Å². The molecule has 0 spiro atoms. The van der Waals surface area contributed by atoms with Crippen LogP contribution in [0.3, 0.4) is 0 Å². The van der Waals surface area contributed by atoms with Gasteiger partial charge in [-0.15, -0.1) is 0 Å². The summed E-state index contributed by atoms with van der Waals surface area (Å²) in [4.78, 5) is 10.9. The van der Waals surface area contributed by atoms with E-state index in [0.29, 0.717) is 0 Å². The molecule has 1 heterocycles. The van der Waals surface area contributed by atoms with Gasteiger partial charge in [-0.2, -0.15) is 5.10 Å². The molecule has 0 aromatic rings. The molecule has 1 aliphatic heterocycles. The Morgan fingerprint density at radius 1 is 1.00 bits per heavy atom. The molecule has 0 aromatic carbocycles. The van der Waals surface area contributed by atoms with Crippen molar-refractivity contribution in [2.24, 2.45) is 5.10 Å². The normalized spacial score (nSPS) is 21.6. The smallest absolute Gasteiger partial charge is 0.178 e. The Hall–Kier alpha value is -1.38. The summed E-state index contributed by atoms with van der Waals surface area (Å²) in [5.74, 6) is 0.0441. The zero-order valence-electron chi connectivity index (χ0n) is 8.15. The summed E-state index contributed by atoms with van der Waals surface area (Å²) < 4.78 is 0. The van der Waals surface area contributed by atoms with E-state index >= 15 is 0 Å². The number of carbonyl (C=O) groups is 1. The third-order valence-corrected chi connectivity index (χ3v) is 2.43. The molecule has 3 heteroatoms. The Balaban J connectivity index is 2.00. The van der Waals surface area contributed by atoms with E-state index in [1.54, 1.807) is 24.3 Å². The standard InChI is InChI=1S/C11H14N2O/c14-11-6-4-10(5-7-11)12-13-8-2-1-3-9-13/h4-7H,1-3,8-9H2. The van der Waals surface area contributed by atoms with E-state index in [9.17, 15) is 4.79 Å². The van der Waals surface area contributed by atoms with E-state index in [4.69, 9.17) is 0 Å². The minimum absolute atomic E-state index is 0.0441. The molecule has 1 fully saturated rings. The number of carbonyl (C=O) groups excluding carboxylic acids is 1. The molecular weight excluding hydrogens is 176 g/mol. The maximum atomic E-state index is 10.9. The average molecular weight is 190 g/mol. The van der Waals surface area contributed by atoms with Crippen LogP contribution in [-0.4, -0.2) is 29.6 Å². The number of rotatable bonds is 1. The second-order valence-electron chi connectivity index (χ2n) is 3.61. The molecule has 0 aromatic heterocycles. The molecule has 74 valence electrons. The fourth-order valence-corrected chi connectivity index (χ4v) is 1.65. The van der Waals surface area contributed by atoms with E-state index in [-0.39, 0.29) is 5.78 Å². The maximum Gasteiger partial charge on any atom is 0.178 e. The second kappa shape index (κ2) is 4.22. The Kier molecular flexibility index (Phi) is 2.77. The van der Waals surface area contributed by atoms with Gasteiger partial charge in [-0.25, -0.2) is 0 Å². The number of nitrogens with zero attached hydrogens (tertiary/aromatic N) is 2. The van der Waals surface area contributed by atoms with Crippen molar-refractivity contribution in [3.8, 4) is 0 Å². The fourth-order valence-electron chi connectivity index (χ4n) is 1.65. The minimum Gasteiger partial charge on any atom is -0.296 e. The quantitative estimate of drug-likeness (QED) is 0.587. The van der Waals surface area contributed by atoms with Crippen molar-refractivity contribution in [2.75, 3.05) is 13.1 Å². The molecule has 0 bridgehead atoms. The lowest BCUT2D eigenvalue weighted by molar-refractivity contribution is -0.110. The first-order valence-corrected chi connectivity index (χ1v) is 5.08. The minimum atomic E-state index is 0.0441. The lowest BCUT2D eigenvalue weighted by atomic mass is 10.1. The summed E-state index contributed by atoms with van der Waals surface area (Å²) in [7, 11) is 0. The van der Waals surface area contributed by atoms with Gasteiger partial charge in [0.1, 0.15) is 0 Å². The lowest BCUT2D eigenvalue weighted by Crippen LogP contribution is -2.25. The molecule has 0 radical (unpaired) electrons. The number of ketones is 1. The van der Waals surface area contributed by atoms with Crippen molar-refractivity contribution in [1.82, 2.24) is 5.01 Å². The van der Waals surface area contributed by atoms with Gasteiger partial charge in [0.2, 0.25) is 0 Å². The number of piperidine rings is 1. The SMILES string of the molecule is O=C1C=CC(=NN2CCCCC2)C=C1. The average Bonchev–Trinajstić information content (AvgIpc) is 2.23. The van der Waals surface area contributed by atoms with E-state index in [2.05, 4.69) is 10.1 Å². The summed E-state index contributed by atoms with van der Waals surface area (Å²) in [5.41, 5.74) is 0.881. The van der Waals surface area contributed by atoms with Crippen LogP contribution in [0.1, 0.15) is 19.3 Å². The Labute approximate surface area is 83.8 Å². The van der Waals surface area contributed by atoms with Crippen molar-refractivity contribution in [1.29, 1.82) is 0 Å². The number of allylic oxidation sites excluding steroid dienone is 4. The van der Waals surface area contributed by atoms with Gasteiger partial charge < -0.3 is 0 Å². The predicted octanol–water partition coefficient (Wildman–Crippen LogP) is 1.52. The number of hydrogen-bond acceptors (Lipinski definition) is 3. The molecule has 0 atom stereocenters. The largest absolute Gasteiger partial charge is 0.296 e. The predicted molar refractivity (Wildman–Crippen MR) is 56.1 cm³/mol. The van der Waals surface area contributed by atoms with Gasteiger partial charge in [-0.1, -0.05) is 0 Å². The summed E-state index contributed by atoms with van der Waals surface area (Å²) in [5, 5.41) is 6.54. The highest BCUT2D eigenvalue weighted by molar-refractivity contribution is 6.16. The van der Waals surface area contributed by atoms with E-state index in [1.807, 2.05) is 0 Å². The Morgan fingerprint density at radius 3 is 2.29 bits per heavy atom. The third-order valence-electron chi connectivity index (χ3n) is 2.43. The van der Waals surface area contributed by atoms with Gasteiger partial charge in [0.05, 0.1) is 5.71 Å². The van der Waals surface area contributed by atoms with E-state index in [1.165, 1.54) is 19.3 Å². The van der Waals surface area contributed by atoms with Crippen molar-refractivity contribution < 1.29 is 4.79 Å². The molecule has 3 nitrogen and oxygen atoms in total. The van der Waals surface area contributed by atoms with Crippen molar-refractivity contribution in [3.05, 3.63) is 24.3 Å². The highest BCUT2D eigenvalue weighted by Gasteiger charge is 2.08. The number of hydrazone groups is 1. The Bertz CT molecular complexity index is 291. The number of hydrogen-bond donors (Lipinski definition) is 0. The van der Waals surface area contributed by atoms with Crippen LogP contribution >= 0.6 is 0 Å². The fraction of sp³-hybridized carbons (Fsp3) is 0.455. The molecule has 1 saturated heterocycles.